The minimum atomic E-state index is -0.523. The number of nitrogens with one attached hydrogen (secondary N) is 1. The Morgan fingerprint density at radius 3 is 2.89 bits per heavy atom. The van der Waals surface area contributed by atoms with E-state index in [-0.39, 0.29) is 11.9 Å². The Hall–Kier alpha value is -0.930. The highest BCUT2D eigenvalue weighted by Gasteiger charge is 2.36. The highest BCUT2D eigenvalue weighted by Crippen LogP contribution is 2.37. The van der Waals surface area contributed by atoms with Crippen molar-refractivity contribution in [3.63, 3.8) is 0 Å². The van der Waals surface area contributed by atoms with Crippen LogP contribution in [0.15, 0.2) is 18.2 Å². The van der Waals surface area contributed by atoms with Gasteiger partial charge in [-0.1, -0.05) is 19.1 Å². The first-order valence-corrected chi connectivity index (χ1v) is 7.32. The monoisotopic (exact) mass is 263 g/mol. The molecule has 2 aliphatic carbocycles. The molecule has 0 aromatic heterocycles. The van der Waals surface area contributed by atoms with Crippen molar-refractivity contribution in [3.05, 3.63) is 35.1 Å². The summed E-state index contributed by atoms with van der Waals surface area (Å²) in [6.07, 6.45) is 4.72. The molecule has 0 saturated heterocycles. The highest BCUT2D eigenvalue weighted by molar-refractivity contribution is 5.34. The fourth-order valence-corrected chi connectivity index (χ4v) is 3.35. The third-order valence-corrected chi connectivity index (χ3v) is 4.84. The van der Waals surface area contributed by atoms with Gasteiger partial charge in [0.05, 0.1) is 5.60 Å². The lowest BCUT2D eigenvalue weighted by Crippen LogP contribution is -2.48. The van der Waals surface area contributed by atoms with Gasteiger partial charge in [-0.25, -0.2) is 4.39 Å². The lowest BCUT2D eigenvalue weighted by Gasteiger charge is -2.40. The molecule has 3 rings (SSSR count). The molecule has 2 N–H and O–H groups in total. The predicted molar refractivity (Wildman–Crippen MR) is 73.4 cm³/mol. The second-order valence-electron chi connectivity index (χ2n) is 6.26. The Labute approximate surface area is 114 Å². The summed E-state index contributed by atoms with van der Waals surface area (Å²) in [5, 5.41) is 13.7. The topological polar surface area (TPSA) is 32.3 Å². The first-order chi connectivity index (χ1) is 9.09. The largest absolute Gasteiger partial charge is 0.389 e. The van der Waals surface area contributed by atoms with Gasteiger partial charge in [-0.3, -0.25) is 0 Å². The molecule has 104 valence electrons. The van der Waals surface area contributed by atoms with Crippen molar-refractivity contribution in [2.75, 3.05) is 6.54 Å². The van der Waals surface area contributed by atoms with Gasteiger partial charge in [-0.15, -0.1) is 0 Å². The number of benzene rings is 1. The predicted octanol–water partition coefficient (Wildman–Crippen LogP) is 2.95. The molecule has 2 atom stereocenters. The maximum Gasteiger partial charge on any atom is 0.126 e. The first kappa shape index (κ1) is 13.1. The third-order valence-electron chi connectivity index (χ3n) is 4.84. The van der Waals surface area contributed by atoms with Gasteiger partial charge < -0.3 is 10.4 Å². The summed E-state index contributed by atoms with van der Waals surface area (Å²) >= 11 is 0. The summed E-state index contributed by atoms with van der Waals surface area (Å²) < 4.78 is 13.8. The standard InChI is InChI=1S/C16H22FNO/c1-11-6-7-12-13(4-2-5-14(12)17)15(11)18-10-16(19)8-3-9-16/h2,4-5,11,15,18-19H,3,6-10H2,1H3. The van der Waals surface area contributed by atoms with E-state index in [1.54, 1.807) is 12.1 Å². The van der Waals surface area contributed by atoms with Gasteiger partial charge >= 0.3 is 0 Å². The van der Waals surface area contributed by atoms with Crippen LogP contribution in [0.3, 0.4) is 0 Å². The van der Waals surface area contributed by atoms with Crippen LogP contribution in [0.1, 0.15) is 49.8 Å². The Balaban J connectivity index is 1.79. The lowest BCUT2D eigenvalue weighted by atomic mass is 9.77. The molecule has 0 spiro atoms. The quantitative estimate of drug-likeness (QED) is 0.878. The number of hydrogen-bond donors (Lipinski definition) is 2. The van der Waals surface area contributed by atoms with Crippen molar-refractivity contribution in [1.29, 1.82) is 0 Å². The zero-order valence-electron chi connectivity index (χ0n) is 11.5. The molecule has 1 saturated carbocycles. The zero-order chi connectivity index (χ0) is 13.5. The van der Waals surface area contributed by atoms with Gasteiger partial charge in [0.2, 0.25) is 0 Å². The summed E-state index contributed by atoms with van der Waals surface area (Å²) in [4.78, 5) is 0. The van der Waals surface area contributed by atoms with Gasteiger partial charge in [0.15, 0.2) is 0 Å². The van der Waals surface area contributed by atoms with Crippen molar-refractivity contribution in [2.24, 2.45) is 5.92 Å². The molecule has 0 bridgehead atoms. The maximum absolute atomic E-state index is 13.8. The van der Waals surface area contributed by atoms with Crippen LogP contribution in [-0.2, 0) is 6.42 Å². The zero-order valence-corrected chi connectivity index (χ0v) is 11.5. The van der Waals surface area contributed by atoms with Crippen LogP contribution in [0.25, 0.3) is 0 Å². The van der Waals surface area contributed by atoms with E-state index >= 15 is 0 Å². The number of halogens is 1. The van der Waals surface area contributed by atoms with Crippen LogP contribution in [-0.4, -0.2) is 17.3 Å². The number of rotatable bonds is 3. The van der Waals surface area contributed by atoms with E-state index in [0.717, 1.165) is 43.2 Å². The van der Waals surface area contributed by atoms with Gasteiger partial charge in [0, 0.05) is 12.6 Å². The van der Waals surface area contributed by atoms with E-state index in [2.05, 4.69) is 12.2 Å². The van der Waals surface area contributed by atoms with Crippen molar-refractivity contribution in [2.45, 2.75) is 50.7 Å². The van der Waals surface area contributed by atoms with Gasteiger partial charge in [0.25, 0.3) is 0 Å². The molecular weight excluding hydrogens is 241 g/mol. The molecule has 1 fully saturated rings. The summed E-state index contributed by atoms with van der Waals surface area (Å²) in [6.45, 7) is 2.83. The Kier molecular flexibility index (Phi) is 3.35. The Bertz CT molecular complexity index is 470. The van der Waals surface area contributed by atoms with E-state index in [4.69, 9.17) is 0 Å². The molecule has 2 unspecified atom stereocenters. The van der Waals surface area contributed by atoms with E-state index in [0.29, 0.717) is 12.5 Å². The van der Waals surface area contributed by atoms with E-state index in [1.807, 2.05) is 6.07 Å². The van der Waals surface area contributed by atoms with Gasteiger partial charge in [0.1, 0.15) is 5.82 Å². The van der Waals surface area contributed by atoms with Crippen LogP contribution in [0, 0.1) is 11.7 Å². The van der Waals surface area contributed by atoms with E-state index in [1.165, 1.54) is 0 Å². The number of aliphatic hydroxyl groups is 1. The second-order valence-corrected chi connectivity index (χ2v) is 6.26. The molecule has 0 aliphatic heterocycles. The molecular formula is C16H22FNO. The van der Waals surface area contributed by atoms with Gasteiger partial charge in [-0.2, -0.15) is 0 Å². The van der Waals surface area contributed by atoms with E-state index < -0.39 is 5.60 Å². The van der Waals surface area contributed by atoms with Crippen LogP contribution in [0.5, 0.6) is 0 Å². The molecule has 19 heavy (non-hydrogen) atoms. The minimum Gasteiger partial charge on any atom is -0.389 e. The van der Waals surface area contributed by atoms with Crippen molar-refractivity contribution in [3.8, 4) is 0 Å². The van der Waals surface area contributed by atoms with Crippen molar-refractivity contribution < 1.29 is 9.50 Å². The summed E-state index contributed by atoms with van der Waals surface area (Å²) in [7, 11) is 0. The summed E-state index contributed by atoms with van der Waals surface area (Å²) in [6, 6.07) is 5.53. The van der Waals surface area contributed by atoms with Crippen LogP contribution < -0.4 is 5.32 Å². The average Bonchev–Trinajstić information content (AvgIpc) is 2.35. The molecule has 0 radical (unpaired) electrons. The van der Waals surface area contributed by atoms with Crippen LogP contribution in [0.2, 0.25) is 0 Å². The second kappa shape index (κ2) is 4.88. The fraction of sp³-hybridized carbons (Fsp3) is 0.625. The number of hydrogen-bond acceptors (Lipinski definition) is 2. The van der Waals surface area contributed by atoms with E-state index in [9.17, 15) is 9.50 Å². The molecule has 1 aromatic carbocycles. The Morgan fingerprint density at radius 2 is 2.21 bits per heavy atom. The fourth-order valence-electron chi connectivity index (χ4n) is 3.35. The van der Waals surface area contributed by atoms with Crippen LogP contribution >= 0.6 is 0 Å². The molecule has 0 amide bonds. The summed E-state index contributed by atoms with van der Waals surface area (Å²) in [5.41, 5.74) is 1.42. The normalized spacial score (nSPS) is 28.6. The van der Waals surface area contributed by atoms with Crippen molar-refractivity contribution in [1.82, 2.24) is 5.32 Å². The molecule has 2 nitrogen and oxygen atoms in total. The average molecular weight is 263 g/mol. The number of fused-ring (bicyclic) bond motifs is 1. The van der Waals surface area contributed by atoms with Gasteiger partial charge in [-0.05, 0) is 55.2 Å². The molecule has 1 aromatic rings. The SMILES string of the molecule is CC1CCc2c(F)cccc2C1NCC1(O)CCC1. The lowest BCUT2D eigenvalue weighted by molar-refractivity contribution is -0.0347. The maximum atomic E-state index is 13.8. The molecule has 2 aliphatic rings. The molecule has 3 heteroatoms. The smallest absolute Gasteiger partial charge is 0.126 e. The minimum absolute atomic E-state index is 0.0847. The van der Waals surface area contributed by atoms with Crippen molar-refractivity contribution >= 4 is 0 Å². The molecule has 0 heterocycles. The summed E-state index contributed by atoms with van der Waals surface area (Å²) in [5.74, 6) is 0.400. The Morgan fingerprint density at radius 1 is 1.42 bits per heavy atom. The highest BCUT2D eigenvalue weighted by atomic mass is 19.1. The third kappa shape index (κ3) is 2.41. The van der Waals surface area contributed by atoms with Crippen LogP contribution in [0.4, 0.5) is 4.39 Å². The first-order valence-electron chi connectivity index (χ1n) is 7.32.